The van der Waals surface area contributed by atoms with Gasteiger partial charge in [-0.1, -0.05) is 6.92 Å². The Balaban J connectivity index is 3.82. The zero-order chi connectivity index (χ0) is 8.85. The van der Waals surface area contributed by atoms with Crippen molar-refractivity contribution in [2.75, 3.05) is 0 Å². The van der Waals surface area contributed by atoms with E-state index in [2.05, 4.69) is 10.5 Å². The average molecular weight is 158 g/mol. The lowest BCUT2D eigenvalue weighted by Crippen LogP contribution is -2.22. The summed E-state index contributed by atoms with van der Waals surface area (Å²) < 4.78 is 0. The number of aliphatic carboxylic acids is 1. The van der Waals surface area contributed by atoms with Crippen LogP contribution in [0.2, 0.25) is 0 Å². The van der Waals surface area contributed by atoms with Crippen LogP contribution in [0.4, 0.5) is 0 Å². The van der Waals surface area contributed by atoms with Crippen molar-refractivity contribution >= 4 is 11.7 Å². The van der Waals surface area contributed by atoms with E-state index < -0.39 is 5.97 Å². The van der Waals surface area contributed by atoms with Gasteiger partial charge in [0.15, 0.2) is 0 Å². The molecule has 1 unspecified atom stereocenters. The van der Waals surface area contributed by atoms with E-state index in [-0.39, 0.29) is 11.8 Å². The van der Waals surface area contributed by atoms with Gasteiger partial charge in [0.2, 0.25) is 0 Å². The van der Waals surface area contributed by atoms with E-state index in [4.69, 9.17) is 5.11 Å². The molecule has 0 bridgehead atoms. The van der Waals surface area contributed by atoms with Gasteiger partial charge in [0.25, 0.3) is 0 Å². The van der Waals surface area contributed by atoms with Crippen LogP contribution in [0.15, 0.2) is 5.10 Å². The molecule has 0 saturated heterocycles. The van der Waals surface area contributed by atoms with Gasteiger partial charge in [0.1, 0.15) is 5.71 Å². The van der Waals surface area contributed by atoms with E-state index in [1.807, 2.05) is 13.8 Å². The molecule has 0 heterocycles. The molecule has 0 radical (unpaired) electrons. The van der Waals surface area contributed by atoms with Crippen LogP contribution in [-0.4, -0.2) is 22.8 Å². The van der Waals surface area contributed by atoms with Gasteiger partial charge in [-0.05, 0) is 20.3 Å². The zero-order valence-corrected chi connectivity index (χ0v) is 7.09. The molecule has 2 N–H and O–H groups in total. The van der Waals surface area contributed by atoms with E-state index >= 15 is 0 Å². The number of nitrogens with one attached hydrogen (secondary N) is 1. The molecule has 11 heavy (non-hydrogen) atoms. The number of rotatable bonds is 4. The Hall–Kier alpha value is -1.06. The molecule has 0 aromatic rings. The molecule has 4 heteroatoms. The van der Waals surface area contributed by atoms with Gasteiger partial charge in [-0.2, -0.15) is 5.10 Å². The largest absolute Gasteiger partial charge is 0.477 e. The van der Waals surface area contributed by atoms with Gasteiger partial charge in [0, 0.05) is 6.04 Å². The van der Waals surface area contributed by atoms with Crippen molar-refractivity contribution in [1.82, 2.24) is 5.43 Å². The third-order valence-electron chi connectivity index (χ3n) is 1.37. The molecule has 1 atom stereocenters. The average Bonchev–Trinajstić information content (AvgIpc) is 1.99. The third-order valence-corrected chi connectivity index (χ3v) is 1.37. The summed E-state index contributed by atoms with van der Waals surface area (Å²) in [4.78, 5) is 10.2. The van der Waals surface area contributed by atoms with Gasteiger partial charge >= 0.3 is 5.97 Å². The number of carboxylic acids is 1. The third kappa shape index (κ3) is 4.36. The fraction of sp³-hybridized carbons (Fsp3) is 0.714. The molecular weight excluding hydrogens is 144 g/mol. The summed E-state index contributed by atoms with van der Waals surface area (Å²) in [6.07, 6.45) is 0.927. The molecule has 64 valence electrons. The molecule has 4 nitrogen and oxygen atoms in total. The highest BCUT2D eigenvalue weighted by atomic mass is 16.4. The van der Waals surface area contributed by atoms with Crippen LogP contribution in [0.1, 0.15) is 27.2 Å². The summed E-state index contributed by atoms with van der Waals surface area (Å²) in [6.45, 7) is 5.40. The maximum absolute atomic E-state index is 10.2. The first-order chi connectivity index (χ1) is 5.07. The fourth-order valence-electron chi connectivity index (χ4n) is 0.346. The molecule has 0 aliphatic rings. The maximum Gasteiger partial charge on any atom is 0.351 e. The van der Waals surface area contributed by atoms with Crippen molar-refractivity contribution in [3.8, 4) is 0 Å². The van der Waals surface area contributed by atoms with E-state index in [1.165, 1.54) is 6.92 Å². The highest BCUT2D eigenvalue weighted by Gasteiger charge is 2.01. The zero-order valence-electron chi connectivity index (χ0n) is 7.09. The molecule has 0 spiro atoms. The molecule has 0 aromatic carbocycles. The van der Waals surface area contributed by atoms with E-state index in [1.54, 1.807) is 0 Å². The summed E-state index contributed by atoms with van der Waals surface area (Å²) in [5, 5.41) is 12.1. The van der Waals surface area contributed by atoms with Crippen molar-refractivity contribution < 1.29 is 9.90 Å². The highest BCUT2D eigenvalue weighted by Crippen LogP contribution is 1.87. The van der Waals surface area contributed by atoms with Crippen molar-refractivity contribution in [1.29, 1.82) is 0 Å². The van der Waals surface area contributed by atoms with Crippen LogP contribution in [-0.2, 0) is 4.79 Å². The quantitative estimate of drug-likeness (QED) is 0.470. The minimum Gasteiger partial charge on any atom is -0.477 e. The van der Waals surface area contributed by atoms with Crippen molar-refractivity contribution in [2.45, 2.75) is 33.2 Å². The lowest BCUT2D eigenvalue weighted by Gasteiger charge is -2.06. The van der Waals surface area contributed by atoms with Gasteiger partial charge < -0.3 is 10.5 Å². The number of hydrogen-bond donors (Lipinski definition) is 2. The Morgan fingerprint density at radius 2 is 2.27 bits per heavy atom. The van der Waals surface area contributed by atoms with E-state index in [0.717, 1.165) is 6.42 Å². The minimum absolute atomic E-state index is 0.0882. The number of nitrogens with zero attached hydrogens (tertiary/aromatic N) is 1. The molecule has 0 aliphatic heterocycles. The fourth-order valence-corrected chi connectivity index (χ4v) is 0.346. The van der Waals surface area contributed by atoms with Crippen LogP contribution in [0.3, 0.4) is 0 Å². The predicted molar refractivity (Wildman–Crippen MR) is 43.6 cm³/mol. The Morgan fingerprint density at radius 1 is 1.73 bits per heavy atom. The first kappa shape index (κ1) is 9.94. The highest BCUT2D eigenvalue weighted by molar-refractivity contribution is 6.34. The molecule has 0 saturated carbocycles. The van der Waals surface area contributed by atoms with Crippen LogP contribution >= 0.6 is 0 Å². The molecule has 0 rings (SSSR count). The standard InChI is InChI=1S/C7H14N2O2/c1-4-5(2)8-9-6(3)7(10)11/h5,8H,4H2,1-3H3,(H,10,11). The second-order valence-electron chi connectivity index (χ2n) is 2.44. The van der Waals surface area contributed by atoms with E-state index in [0.29, 0.717) is 0 Å². The minimum atomic E-state index is -0.985. The summed E-state index contributed by atoms with van der Waals surface area (Å²) in [6, 6.07) is 0.226. The van der Waals surface area contributed by atoms with Gasteiger partial charge in [-0.25, -0.2) is 4.79 Å². The van der Waals surface area contributed by atoms with Crippen LogP contribution < -0.4 is 5.43 Å². The Morgan fingerprint density at radius 3 is 2.64 bits per heavy atom. The summed E-state index contributed by atoms with van der Waals surface area (Å²) in [7, 11) is 0. The van der Waals surface area contributed by atoms with Crippen LogP contribution in [0, 0.1) is 0 Å². The molecule has 0 aromatic heterocycles. The smallest absolute Gasteiger partial charge is 0.351 e. The molecule has 0 amide bonds. The molecule has 0 fully saturated rings. The molecular formula is C7H14N2O2. The summed E-state index contributed by atoms with van der Waals surface area (Å²) in [5.41, 5.74) is 2.81. The Labute approximate surface area is 66.3 Å². The van der Waals surface area contributed by atoms with Crippen molar-refractivity contribution in [2.24, 2.45) is 5.10 Å². The second kappa shape index (κ2) is 4.71. The summed E-state index contributed by atoms with van der Waals surface area (Å²) in [5.74, 6) is -0.985. The lowest BCUT2D eigenvalue weighted by atomic mass is 10.3. The van der Waals surface area contributed by atoms with Crippen LogP contribution in [0.25, 0.3) is 0 Å². The van der Waals surface area contributed by atoms with Gasteiger partial charge in [-0.3, -0.25) is 0 Å². The monoisotopic (exact) mass is 158 g/mol. The van der Waals surface area contributed by atoms with Gasteiger partial charge in [-0.15, -0.1) is 0 Å². The SMILES string of the molecule is CCC(C)NN=C(C)C(=O)O. The first-order valence-corrected chi connectivity index (χ1v) is 3.61. The number of carbonyl (C=O) groups is 1. The van der Waals surface area contributed by atoms with Crippen LogP contribution in [0.5, 0.6) is 0 Å². The van der Waals surface area contributed by atoms with Gasteiger partial charge in [0.05, 0.1) is 0 Å². The normalized spacial score (nSPS) is 14.3. The second-order valence-corrected chi connectivity index (χ2v) is 2.44. The number of hydrazone groups is 1. The maximum atomic E-state index is 10.2. The Kier molecular flexibility index (Phi) is 4.26. The van der Waals surface area contributed by atoms with Crippen molar-refractivity contribution in [3.05, 3.63) is 0 Å². The first-order valence-electron chi connectivity index (χ1n) is 3.61. The topological polar surface area (TPSA) is 61.7 Å². The predicted octanol–water partition coefficient (Wildman–Crippen LogP) is 0.835. The lowest BCUT2D eigenvalue weighted by molar-refractivity contribution is -0.129. The Bertz CT molecular complexity index is 166. The number of hydrogen-bond acceptors (Lipinski definition) is 3. The number of carboxylic acid groups (broad SMARTS) is 1. The van der Waals surface area contributed by atoms with Crippen molar-refractivity contribution in [3.63, 3.8) is 0 Å². The summed E-state index contributed by atoms with van der Waals surface area (Å²) >= 11 is 0. The van der Waals surface area contributed by atoms with E-state index in [9.17, 15) is 4.79 Å². The molecule has 0 aliphatic carbocycles.